The zero-order valence-corrected chi connectivity index (χ0v) is 21.8. The number of aromatic hydroxyl groups is 1. The Hall–Kier alpha value is -5.63. The van der Waals surface area contributed by atoms with Crippen molar-refractivity contribution in [3.8, 4) is 39.8 Å². The van der Waals surface area contributed by atoms with Crippen LogP contribution in [0.1, 0.15) is 5.69 Å². The van der Waals surface area contributed by atoms with E-state index >= 15 is 0 Å². The van der Waals surface area contributed by atoms with Gasteiger partial charge in [0, 0.05) is 29.3 Å². The molecule has 6 aromatic rings. The van der Waals surface area contributed by atoms with Crippen LogP contribution < -0.4 is 10.2 Å². The number of fused-ring (bicyclic) bond motifs is 1. The van der Waals surface area contributed by atoms with Gasteiger partial charge >= 0.3 is 5.97 Å². The maximum absolute atomic E-state index is 12.7. The molecule has 0 aliphatic rings. The number of nitrogens with zero attached hydrogens (tertiary/aromatic N) is 2. The Bertz CT molecular complexity index is 1820. The number of para-hydroxylation sites is 1. The molecular weight excluding hydrogens is 520 g/mol. The van der Waals surface area contributed by atoms with E-state index in [0.717, 1.165) is 16.9 Å². The molecule has 0 saturated heterocycles. The van der Waals surface area contributed by atoms with Crippen LogP contribution in [0.5, 0.6) is 11.5 Å². The van der Waals surface area contributed by atoms with E-state index in [-0.39, 0.29) is 29.1 Å². The van der Waals surface area contributed by atoms with Crippen LogP contribution in [0.2, 0.25) is 0 Å². The van der Waals surface area contributed by atoms with Gasteiger partial charge in [0.25, 0.3) is 0 Å². The summed E-state index contributed by atoms with van der Waals surface area (Å²) in [4.78, 5) is 25.2. The zero-order chi connectivity index (χ0) is 28.2. The maximum Gasteiger partial charge on any atom is 0.344 e. The summed E-state index contributed by atoms with van der Waals surface area (Å²) in [7, 11) is 0. The smallest absolute Gasteiger partial charge is 0.344 e. The first-order valence-electron chi connectivity index (χ1n) is 12.9. The Morgan fingerprint density at radius 2 is 1.49 bits per heavy atom. The summed E-state index contributed by atoms with van der Waals surface area (Å²) in [5, 5.41) is 15.1. The first-order chi connectivity index (χ1) is 20.0. The Morgan fingerprint density at radius 3 is 2.20 bits per heavy atom. The largest absolute Gasteiger partial charge is 0.507 e. The molecule has 8 nitrogen and oxygen atoms in total. The van der Waals surface area contributed by atoms with Crippen LogP contribution in [0.15, 0.2) is 124 Å². The third-order valence-corrected chi connectivity index (χ3v) is 6.41. The van der Waals surface area contributed by atoms with E-state index in [1.165, 1.54) is 18.2 Å². The van der Waals surface area contributed by atoms with Gasteiger partial charge in [-0.3, -0.25) is 4.79 Å². The number of hydrogen-bond acceptors (Lipinski definition) is 7. The number of benzene rings is 4. The summed E-state index contributed by atoms with van der Waals surface area (Å²) < 4.78 is 18.7. The number of phenolic OH excluding ortho intramolecular Hbond substituents is 1. The summed E-state index contributed by atoms with van der Waals surface area (Å²) >= 11 is 0. The van der Waals surface area contributed by atoms with E-state index in [0.29, 0.717) is 17.0 Å². The van der Waals surface area contributed by atoms with Gasteiger partial charge in [0.2, 0.25) is 0 Å². The molecule has 0 spiro atoms. The Morgan fingerprint density at radius 1 is 0.829 bits per heavy atom. The van der Waals surface area contributed by atoms with Crippen molar-refractivity contribution < 1.29 is 23.8 Å². The van der Waals surface area contributed by atoms with E-state index in [4.69, 9.17) is 13.9 Å². The molecule has 1 N–H and O–H groups in total. The van der Waals surface area contributed by atoms with E-state index < -0.39 is 18.0 Å². The fraction of sp³-hybridized carbons (Fsp3) is 0.0606. The summed E-state index contributed by atoms with van der Waals surface area (Å²) in [6.45, 7) is -0.474. The molecule has 0 aliphatic heterocycles. The van der Waals surface area contributed by atoms with Gasteiger partial charge in [0.15, 0.2) is 12.0 Å². The van der Waals surface area contributed by atoms with E-state index in [2.05, 4.69) is 5.10 Å². The number of aromatic nitrogens is 2. The Balaban J connectivity index is 1.16. The molecular formula is C33H24N2O6. The van der Waals surface area contributed by atoms with Crippen molar-refractivity contribution in [2.24, 2.45) is 0 Å². The van der Waals surface area contributed by atoms with Crippen LogP contribution in [0.4, 0.5) is 0 Å². The molecule has 0 fully saturated rings. The van der Waals surface area contributed by atoms with Crippen LogP contribution >= 0.6 is 0 Å². The predicted octanol–water partition coefficient (Wildman–Crippen LogP) is 6.14. The fourth-order valence-corrected chi connectivity index (χ4v) is 4.49. The second-order valence-corrected chi connectivity index (χ2v) is 9.24. The number of esters is 1. The van der Waals surface area contributed by atoms with Crippen molar-refractivity contribution in [3.63, 3.8) is 0 Å². The van der Waals surface area contributed by atoms with Crippen molar-refractivity contribution in [2.75, 3.05) is 6.61 Å². The standard InChI is InChI=1S/C33H24N2O6/c36-28-17-26(18-31-33(28)29(37)19-30(41-31)23-12-6-2-7-13-23)39-21-32(38)40-20-24-16-27(22-10-4-1-5-11-22)35(34-24)25-14-8-3-9-15-25/h1-19,36H,20-21H2. The maximum atomic E-state index is 12.7. The predicted molar refractivity (Wildman–Crippen MR) is 154 cm³/mol. The molecule has 0 bridgehead atoms. The van der Waals surface area contributed by atoms with Crippen LogP contribution in [0, 0.1) is 0 Å². The monoisotopic (exact) mass is 544 g/mol. The van der Waals surface area contributed by atoms with Crippen LogP contribution in [0.25, 0.3) is 39.2 Å². The molecule has 41 heavy (non-hydrogen) atoms. The lowest BCUT2D eigenvalue weighted by atomic mass is 10.1. The van der Waals surface area contributed by atoms with Crippen LogP contribution in [-0.2, 0) is 16.1 Å². The summed E-state index contributed by atoms with van der Waals surface area (Å²) in [6.07, 6.45) is 0. The number of carbonyl (C=O) groups is 1. The second-order valence-electron chi connectivity index (χ2n) is 9.24. The average molecular weight is 545 g/mol. The number of phenols is 1. The normalized spacial score (nSPS) is 10.9. The van der Waals surface area contributed by atoms with Gasteiger partial charge in [-0.15, -0.1) is 0 Å². The summed E-state index contributed by atoms with van der Waals surface area (Å²) in [5.41, 5.74) is 3.75. The lowest BCUT2D eigenvalue weighted by Gasteiger charge is -2.09. The van der Waals surface area contributed by atoms with Crippen molar-refractivity contribution >= 4 is 16.9 Å². The lowest BCUT2D eigenvalue weighted by Crippen LogP contribution is -2.15. The van der Waals surface area contributed by atoms with Crippen molar-refractivity contribution in [2.45, 2.75) is 6.61 Å². The van der Waals surface area contributed by atoms with Crippen LogP contribution in [0.3, 0.4) is 0 Å². The average Bonchev–Trinajstić information content (AvgIpc) is 3.44. The molecule has 4 aromatic carbocycles. The van der Waals surface area contributed by atoms with Gasteiger partial charge < -0.3 is 19.0 Å². The van der Waals surface area contributed by atoms with E-state index in [1.54, 1.807) is 0 Å². The van der Waals surface area contributed by atoms with Crippen LogP contribution in [-0.4, -0.2) is 27.5 Å². The molecule has 202 valence electrons. The lowest BCUT2D eigenvalue weighted by molar-refractivity contribution is -0.147. The molecule has 0 radical (unpaired) electrons. The highest BCUT2D eigenvalue weighted by Gasteiger charge is 2.16. The molecule has 0 amide bonds. The highest BCUT2D eigenvalue weighted by molar-refractivity contribution is 5.86. The molecule has 0 saturated carbocycles. The highest BCUT2D eigenvalue weighted by Crippen LogP contribution is 2.31. The Kier molecular flexibility index (Phi) is 7.02. The molecule has 2 heterocycles. The van der Waals surface area contributed by atoms with Gasteiger partial charge in [0.1, 0.15) is 40.5 Å². The molecule has 0 atom stereocenters. The van der Waals surface area contributed by atoms with Gasteiger partial charge in [-0.05, 0) is 18.2 Å². The van der Waals surface area contributed by atoms with Gasteiger partial charge in [0.05, 0.1) is 11.4 Å². The first-order valence-corrected chi connectivity index (χ1v) is 12.9. The fourth-order valence-electron chi connectivity index (χ4n) is 4.49. The SMILES string of the molecule is O=C(COc1cc(O)c2c(=O)cc(-c3ccccc3)oc2c1)OCc1cc(-c2ccccc2)n(-c2ccccc2)n1. The molecule has 8 heteroatoms. The second kappa shape index (κ2) is 11.2. The Labute approximate surface area is 234 Å². The van der Waals surface area contributed by atoms with Gasteiger partial charge in [-0.2, -0.15) is 5.10 Å². The van der Waals surface area contributed by atoms with Crippen molar-refractivity contribution in [1.82, 2.24) is 9.78 Å². The third kappa shape index (κ3) is 5.58. The number of carbonyl (C=O) groups excluding carboxylic acids is 1. The molecule has 0 aliphatic carbocycles. The minimum atomic E-state index is -0.625. The quantitative estimate of drug-likeness (QED) is 0.230. The topological polar surface area (TPSA) is 104 Å². The molecule has 6 rings (SSSR count). The van der Waals surface area contributed by atoms with Crippen molar-refractivity contribution in [1.29, 1.82) is 0 Å². The van der Waals surface area contributed by atoms with Gasteiger partial charge in [-0.25, -0.2) is 9.48 Å². The van der Waals surface area contributed by atoms with E-state index in [9.17, 15) is 14.7 Å². The molecule has 2 aromatic heterocycles. The first kappa shape index (κ1) is 25.6. The van der Waals surface area contributed by atoms with E-state index in [1.807, 2.05) is 102 Å². The van der Waals surface area contributed by atoms with Gasteiger partial charge in [-0.1, -0.05) is 78.9 Å². The summed E-state index contributed by atoms with van der Waals surface area (Å²) in [6, 6.07) is 34.6. The van der Waals surface area contributed by atoms with Crippen molar-refractivity contribution in [3.05, 3.63) is 131 Å². The highest BCUT2D eigenvalue weighted by atomic mass is 16.6. The number of ether oxygens (including phenoxy) is 2. The summed E-state index contributed by atoms with van der Waals surface area (Å²) in [5.74, 6) is -0.428. The number of hydrogen-bond donors (Lipinski definition) is 1. The molecule has 0 unspecified atom stereocenters. The minimum absolute atomic E-state index is 0.0304. The minimum Gasteiger partial charge on any atom is -0.507 e. The zero-order valence-electron chi connectivity index (χ0n) is 21.8. The number of rotatable bonds is 8. The third-order valence-electron chi connectivity index (χ3n) is 6.41.